The lowest BCUT2D eigenvalue weighted by atomic mass is 10.1. The molecule has 0 aliphatic heterocycles. The lowest BCUT2D eigenvalue weighted by molar-refractivity contribution is 0.00510. The molecule has 10 heavy (non-hydrogen) atoms. The average molecular weight is 150 g/mol. The van der Waals surface area contributed by atoms with Crippen LogP contribution in [0.3, 0.4) is 0 Å². The molecule has 1 aliphatic carbocycles. The van der Waals surface area contributed by atoms with Crippen molar-refractivity contribution in [2.24, 2.45) is 11.8 Å². The number of hydrogen-bond acceptors (Lipinski definition) is 2. The average Bonchev–Trinajstić information content (AvgIpc) is 2.12. The van der Waals surface area contributed by atoms with Gasteiger partial charge in [-0.2, -0.15) is 0 Å². The molecule has 0 heterocycles. The van der Waals surface area contributed by atoms with Crippen molar-refractivity contribution in [1.29, 1.82) is 0 Å². The van der Waals surface area contributed by atoms with Gasteiger partial charge in [0.05, 0.1) is 0 Å². The van der Waals surface area contributed by atoms with Crippen LogP contribution in [-0.2, 0) is 0 Å². The minimum Gasteiger partial charge on any atom is -0.271 e. The van der Waals surface area contributed by atoms with Crippen molar-refractivity contribution in [2.45, 2.75) is 25.2 Å². The third kappa shape index (κ3) is 1.88. The van der Waals surface area contributed by atoms with E-state index in [0.717, 1.165) is 0 Å². The molecule has 0 aromatic carbocycles. The molecular formula is C6H12F2N2. The molecule has 0 saturated heterocycles. The monoisotopic (exact) mass is 150 g/mol. The van der Waals surface area contributed by atoms with Crippen LogP contribution in [0.15, 0.2) is 0 Å². The number of halogens is 2. The molecule has 1 aliphatic rings. The first kappa shape index (κ1) is 7.88. The van der Waals surface area contributed by atoms with Crippen LogP contribution in [0.5, 0.6) is 0 Å². The van der Waals surface area contributed by atoms with Gasteiger partial charge >= 0.3 is 0 Å². The molecule has 2 nitrogen and oxygen atoms in total. The maximum Gasteiger partial charge on any atom is 0.248 e. The smallest absolute Gasteiger partial charge is 0.248 e. The summed E-state index contributed by atoms with van der Waals surface area (Å²) in [5.74, 6) is 2.64. The van der Waals surface area contributed by atoms with Gasteiger partial charge in [0.25, 0.3) is 0 Å². The highest BCUT2D eigenvalue weighted by Crippen LogP contribution is 2.38. The molecular weight excluding hydrogens is 138 g/mol. The summed E-state index contributed by atoms with van der Waals surface area (Å²) in [7, 11) is 0. The molecule has 0 spiro atoms. The SMILES string of the molecule is NNCC1CCC(F)(F)C1. The van der Waals surface area contributed by atoms with E-state index in [-0.39, 0.29) is 18.8 Å². The van der Waals surface area contributed by atoms with Gasteiger partial charge in [0.1, 0.15) is 0 Å². The highest BCUT2D eigenvalue weighted by Gasteiger charge is 2.38. The first-order valence-electron chi connectivity index (χ1n) is 3.45. The predicted molar refractivity (Wildman–Crippen MR) is 34.5 cm³/mol. The summed E-state index contributed by atoms with van der Waals surface area (Å²) >= 11 is 0. The molecule has 1 fully saturated rings. The number of hydrazine groups is 1. The molecule has 60 valence electrons. The molecule has 4 heteroatoms. The zero-order valence-electron chi connectivity index (χ0n) is 5.74. The quantitative estimate of drug-likeness (QED) is 0.453. The van der Waals surface area contributed by atoms with Crippen molar-refractivity contribution in [2.75, 3.05) is 6.54 Å². The fraction of sp³-hybridized carbons (Fsp3) is 1.00. The number of hydrogen-bond donors (Lipinski definition) is 2. The summed E-state index contributed by atoms with van der Waals surface area (Å²) in [5.41, 5.74) is 2.41. The molecule has 0 aromatic rings. The number of alkyl halides is 2. The van der Waals surface area contributed by atoms with E-state index in [9.17, 15) is 8.78 Å². The van der Waals surface area contributed by atoms with Crippen molar-refractivity contribution in [3.05, 3.63) is 0 Å². The van der Waals surface area contributed by atoms with E-state index in [2.05, 4.69) is 5.43 Å². The van der Waals surface area contributed by atoms with Crippen LogP contribution < -0.4 is 11.3 Å². The second-order valence-corrected chi connectivity index (χ2v) is 2.87. The Labute approximate surface area is 58.7 Å². The Morgan fingerprint density at radius 3 is 2.70 bits per heavy atom. The van der Waals surface area contributed by atoms with Crippen molar-refractivity contribution in [3.63, 3.8) is 0 Å². The van der Waals surface area contributed by atoms with Crippen molar-refractivity contribution in [3.8, 4) is 0 Å². The van der Waals surface area contributed by atoms with Crippen molar-refractivity contribution in [1.82, 2.24) is 5.43 Å². The number of rotatable bonds is 2. The summed E-state index contributed by atoms with van der Waals surface area (Å²) in [6.07, 6.45) is 0.619. The number of nitrogens with two attached hydrogens (primary N) is 1. The summed E-state index contributed by atoms with van der Waals surface area (Å²) in [6.45, 7) is 0.510. The zero-order chi connectivity index (χ0) is 7.61. The Morgan fingerprint density at radius 2 is 2.30 bits per heavy atom. The van der Waals surface area contributed by atoms with Gasteiger partial charge in [-0.15, -0.1) is 0 Å². The summed E-state index contributed by atoms with van der Waals surface area (Å²) in [5, 5.41) is 0. The molecule has 0 bridgehead atoms. The third-order valence-corrected chi connectivity index (χ3v) is 1.91. The normalized spacial score (nSPS) is 30.9. The highest BCUT2D eigenvalue weighted by atomic mass is 19.3. The minimum atomic E-state index is -2.43. The fourth-order valence-electron chi connectivity index (χ4n) is 1.38. The van der Waals surface area contributed by atoms with Gasteiger partial charge in [-0.05, 0) is 12.3 Å². The first-order chi connectivity index (χ1) is 4.64. The van der Waals surface area contributed by atoms with E-state index < -0.39 is 5.92 Å². The Balaban J connectivity index is 2.29. The Kier molecular flexibility index (Phi) is 2.21. The van der Waals surface area contributed by atoms with Crippen molar-refractivity contribution >= 4 is 0 Å². The largest absolute Gasteiger partial charge is 0.271 e. The predicted octanol–water partition coefficient (Wildman–Crippen LogP) is 0.885. The molecule has 3 N–H and O–H groups in total. The maximum atomic E-state index is 12.4. The van der Waals surface area contributed by atoms with Gasteiger partial charge in [0, 0.05) is 19.4 Å². The van der Waals surface area contributed by atoms with Crippen molar-refractivity contribution < 1.29 is 8.78 Å². The molecule has 0 aromatic heterocycles. The second-order valence-electron chi connectivity index (χ2n) is 2.87. The lowest BCUT2D eigenvalue weighted by Crippen LogP contribution is -2.28. The standard InChI is InChI=1S/C6H12F2N2/c7-6(8)2-1-5(3-6)4-10-9/h5,10H,1-4,9H2. The Morgan fingerprint density at radius 1 is 1.60 bits per heavy atom. The molecule has 1 saturated carbocycles. The number of nitrogens with one attached hydrogen (secondary N) is 1. The zero-order valence-corrected chi connectivity index (χ0v) is 5.74. The van der Waals surface area contributed by atoms with Crippen LogP contribution >= 0.6 is 0 Å². The molecule has 0 radical (unpaired) electrons. The van der Waals surface area contributed by atoms with E-state index in [0.29, 0.717) is 13.0 Å². The molecule has 0 amide bonds. The van der Waals surface area contributed by atoms with E-state index in [4.69, 9.17) is 5.84 Å². The molecule has 1 atom stereocenters. The van der Waals surface area contributed by atoms with Crippen LogP contribution in [0.2, 0.25) is 0 Å². The van der Waals surface area contributed by atoms with Crippen LogP contribution in [-0.4, -0.2) is 12.5 Å². The summed E-state index contributed by atoms with van der Waals surface area (Å²) in [6, 6.07) is 0. The van der Waals surface area contributed by atoms with E-state index in [1.807, 2.05) is 0 Å². The van der Waals surface area contributed by atoms with Crippen LogP contribution in [0.4, 0.5) is 8.78 Å². The van der Waals surface area contributed by atoms with Gasteiger partial charge in [-0.25, -0.2) is 8.78 Å². The minimum absolute atomic E-state index is 0.00278. The van der Waals surface area contributed by atoms with Crippen LogP contribution in [0.1, 0.15) is 19.3 Å². The van der Waals surface area contributed by atoms with E-state index in [1.165, 1.54) is 0 Å². The van der Waals surface area contributed by atoms with Gasteiger partial charge in [-0.3, -0.25) is 11.3 Å². The second kappa shape index (κ2) is 2.80. The van der Waals surface area contributed by atoms with Gasteiger partial charge in [0.2, 0.25) is 5.92 Å². The van der Waals surface area contributed by atoms with E-state index >= 15 is 0 Å². The fourth-order valence-corrected chi connectivity index (χ4v) is 1.38. The Hall–Kier alpha value is -0.220. The maximum absolute atomic E-state index is 12.4. The molecule has 1 unspecified atom stereocenters. The lowest BCUT2D eigenvalue weighted by Gasteiger charge is -2.08. The van der Waals surface area contributed by atoms with Gasteiger partial charge in [-0.1, -0.05) is 0 Å². The van der Waals surface area contributed by atoms with E-state index in [1.54, 1.807) is 0 Å². The highest BCUT2D eigenvalue weighted by molar-refractivity contribution is 4.81. The van der Waals surface area contributed by atoms with Crippen LogP contribution in [0.25, 0.3) is 0 Å². The summed E-state index contributed by atoms with van der Waals surface area (Å²) in [4.78, 5) is 0. The van der Waals surface area contributed by atoms with Crippen LogP contribution in [0, 0.1) is 5.92 Å². The summed E-state index contributed by atoms with van der Waals surface area (Å²) < 4.78 is 24.9. The topological polar surface area (TPSA) is 38.0 Å². The first-order valence-corrected chi connectivity index (χ1v) is 3.45. The molecule has 1 rings (SSSR count). The van der Waals surface area contributed by atoms with Gasteiger partial charge < -0.3 is 0 Å². The Bertz CT molecular complexity index is 116. The van der Waals surface area contributed by atoms with Gasteiger partial charge in [0.15, 0.2) is 0 Å². The third-order valence-electron chi connectivity index (χ3n) is 1.91.